The summed E-state index contributed by atoms with van der Waals surface area (Å²) in [6.07, 6.45) is 20.8. The van der Waals surface area contributed by atoms with Gasteiger partial charge in [0.25, 0.3) is 0 Å². The molecule has 0 radical (unpaired) electrons. The van der Waals surface area contributed by atoms with Gasteiger partial charge in [0, 0.05) is 0 Å². The standard InChI is InChI=1S/C34H49BrP2/c1-2-3-4-5-6-7-8-9-10-11-12-13-14-24-31-36(35)37(32-25-18-15-19-26-32,33-27-20-16-21-28-33)34-29-22-17-23-30-34/h15-23,25-30,37H,2-14,24,31H2,1H3. The minimum absolute atomic E-state index is 0.346. The zero-order valence-electron chi connectivity index (χ0n) is 23.1. The van der Waals surface area contributed by atoms with Crippen molar-refractivity contribution in [2.24, 2.45) is 0 Å². The monoisotopic (exact) mass is 598 g/mol. The molecule has 37 heavy (non-hydrogen) atoms. The van der Waals surface area contributed by atoms with Gasteiger partial charge in [0.05, 0.1) is 0 Å². The van der Waals surface area contributed by atoms with Crippen LogP contribution in [-0.2, 0) is 0 Å². The van der Waals surface area contributed by atoms with Crippen LogP contribution in [0.15, 0.2) is 91.0 Å². The second-order valence-corrected chi connectivity index (χ2v) is 23.0. The zero-order valence-corrected chi connectivity index (χ0v) is 26.6. The molecule has 0 spiro atoms. The predicted molar refractivity (Wildman–Crippen MR) is 178 cm³/mol. The predicted octanol–water partition coefficient (Wildman–Crippen LogP) is 10.9. The van der Waals surface area contributed by atoms with Gasteiger partial charge in [-0.3, -0.25) is 0 Å². The van der Waals surface area contributed by atoms with E-state index in [1.165, 1.54) is 112 Å². The second-order valence-electron chi connectivity index (χ2n) is 10.5. The van der Waals surface area contributed by atoms with Crippen molar-refractivity contribution in [1.29, 1.82) is 0 Å². The zero-order chi connectivity index (χ0) is 26.0. The summed E-state index contributed by atoms with van der Waals surface area (Å²) in [6, 6.07) is 34.1. The molecule has 0 saturated carbocycles. The fourth-order valence-corrected chi connectivity index (χ4v) is 21.9. The molecule has 3 aromatic rings. The third-order valence-electron chi connectivity index (χ3n) is 7.65. The number of hydrogen-bond donors (Lipinski definition) is 0. The van der Waals surface area contributed by atoms with Crippen LogP contribution in [0.3, 0.4) is 0 Å². The molecule has 0 amide bonds. The van der Waals surface area contributed by atoms with Gasteiger partial charge in [-0.15, -0.1) is 0 Å². The Bertz CT molecular complexity index is 849. The van der Waals surface area contributed by atoms with Crippen LogP contribution in [-0.4, -0.2) is 6.16 Å². The molecule has 3 rings (SSSR count). The SMILES string of the molecule is CCCCCCCCCCCCCCCCP(Br)[PH](c1ccccc1)(c1ccccc1)c1ccccc1. The minimum atomic E-state index is -2.15. The van der Waals surface area contributed by atoms with Gasteiger partial charge in [0.15, 0.2) is 0 Å². The van der Waals surface area contributed by atoms with Crippen molar-refractivity contribution < 1.29 is 0 Å². The van der Waals surface area contributed by atoms with E-state index in [0.717, 1.165) is 0 Å². The Kier molecular flexibility index (Phi) is 15.1. The first-order valence-corrected chi connectivity index (χ1v) is 21.3. The van der Waals surface area contributed by atoms with E-state index in [1.807, 2.05) is 0 Å². The first-order chi connectivity index (χ1) is 18.3. The average Bonchev–Trinajstić information content (AvgIpc) is 2.95. The molecule has 0 nitrogen and oxygen atoms in total. The Hall–Kier alpha value is -1.00. The van der Waals surface area contributed by atoms with Crippen molar-refractivity contribution in [3.05, 3.63) is 91.0 Å². The van der Waals surface area contributed by atoms with Gasteiger partial charge < -0.3 is 0 Å². The van der Waals surface area contributed by atoms with Crippen molar-refractivity contribution in [2.75, 3.05) is 6.16 Å². The fraction of sp³-hybridized carbons (Fsp3) is 0.471. The molecular weight excluding hydrogens is 550 g/mol. The first-order valence-electron chi connectivity index (χ1n) is 14.9. The molecular formula is C34H49BrP2. The number of halogens is 1. The van der Waals surface area contributed by atoms with Crippen LogP contribution in [0.4, 0.5) is 0 Å². The number of rotatable bonds is 19. The number of benzene rings is 3. The summed E-state index contributed by atoms with van der Waals surface area (Å²) < 4.78 is 0. The molecule has 0 aliphatic heterocycles. The summed E-state index contributed by atoms with van der Waals surface area (Å²) >= 11 is 4.38. The molecule has 3 aromatic carbocycles. The Morgan fingerprint density at radius 1 is 0.459 bits per heavy atom. The van der Waals surface area contributed by atoms with E-state index in [1.54, 1.807) is 0 Å². The number of unbranched alkanes of at least 4 members (excludes halogenated alkanes) is 13. The first kappa shape index (κ1) is 30.5. The molecule has 1 unspecified atom stereocenters. The molecule has 0 fully saturated rings. The molecule has 202 valence electrons. The summed E-state index contributed by atoms with van der Waals surface area (Å²) in [6.45, 7) is 0.149. The number of hydrogen-bond acceptors (Lipinski definition) is 0. The summed E-state index contributed by atoms with van der Waals surface area (Å²) in [4.78, 5) is 0. The molecule has 0 heterocycles. The fourth-order valence-electron chi connectivity index (χ4n) is 5.57. The van der Waals surface area contributed by atoms with Gasteiger partial charge in [0.2, 0.25) is 0 Å². The van der Waals surface area contributed by atoms with Crippen LogP contribution in [0.5, 0.6) is 0 Å². The molecule has 0 saturated heterocycles. The summed E-state index contributed by atoms with van der Waals surface area (Å²) in [7, 11) is 0. The van der Waals surface area contributed by atoms with Gasteiger partial charge in [-0.05, 0) is 0 Å². The van der Waals surface area contributed by atoms with Gasteiger partial charge in [-0.25, -0.2) is 0 Å². The van der Waals surface area contributed by atoms with Crippen molar-refractivity contribution in [1.82, 2.24) is 0 Å². The third-order valence-corrected chi connectivity index (χ3v) is 23.6. The van der Waals surface area contributed by atoms with Crippen molar-refractivity contribution in [3.8, 4) is 0 Å². The van der Waals surface area contributed by atoms with Gasteiger partial charge >= 0.3 is 206 Å². The molecule has 0 aliphatic carbocycles. The van der Waals surface area contributed by atoms with Crippen LogP contribution < -0.4 is 15.9 Å². The van der Waals surface area contributed by atoms with E-state index in [0.29, 0.717) is 0 Å². The van der Waals surface area contributed by atoms with E-state index in [4.69, 9.17) is 0 Å². The van der Waals surface area contributed by atoms with Gasteiger partial charge in [-0.1, -0.05) is 32.6 Å². The summed E-state index contributed by atoms with van der Waals surface area (Å²) in [5, 5.41) is 4.59. The molecule has 3 heteroatoms. The molecule has 1 atom stereocenters. The summed E-state index contributed by atoms with van der Waals surface area (Å²) in [5.41, 5.74) is 0. The van der Waals surface area contributed by atoms with Crippen molar-refractivity contribution >= 4 is 44.7 Å². The third kappa shape index (κ3) is 9.60. The summed E-state index contributed by atoms with van der Waals surface area (Å²) in [5.74, 6) is 0. The van der Waals surface area contributed by atoms with Crippen LogP contribution in [0.1, 0.15) is 96.8 Å². The Morgan fingerprint density at radius 3 is 1.08 bits per heavy atom. The molecule has 0 N–H and O–H groups in total. The van der Waals surface area contributed by atoms with Crippen LogP contribution >= 0.6 is 28.8 Å². The molecule has 0 aromatic heterocycles. The van der Waals surface area contributed by atoms with Crippen LogP contribution in [0, 0.1) is 0 Å². The van der Waals surface area contributed by atoms with Crippen molar-refractivity contribution in [3.63, 3.8) is 0 Å². The topological polar surface area (TPSA) is 0 Å². The van der Waals surface area contributed by atoms with Crippen LogP contribution in [0.2, 0.25) is 0 Å². The van der Waals surface area contributed by atoms with E-state index < -0.39 is 6.95 Å². The van der Waals surface area contributed by atoms with E-state index >= 15 is 0 Å². The maximum absolute atomic E-state index is 4.38. The second kappa shape index (κ2) is 18.3. The molecule has 0 bridgehead atoms. The normalized spacial score (nSPS) is 12.9. The molecule has 0 aliphatic rings. The van der Waals surface area contributed by atoms with Crippen molar-refractivity contribution in [2.45, 2.75) is 96.8 Å². The van der Waals surface area contributed by atoms with E-state index in [2.05, 4.69) is 113 Å². The Balaban J connectivity index is 1.51. The maximum atomic E-state index is 4.38. The van der Waals surface area contributed by atoms with Crippen LogP contribution in [0.25, 0.3) is 0 Å². The van der Waals surface area contributed by atoms with E-state index in [9.17, 15) is 0 Å². The van der Waals surface area contributed by atoms with Gasteiger partial charge in [-0.2, -0.15) is 0 Å². The Labute approximate surface area is 237 Å². The van der Waals surface area contributed by atoms with E-state index in [-0.39, 0.29) is 6.31 Å². The quantitative estimate of drug-likeness (QED) is 0.0950. The van der Waals surface area contributed by atoms with Gasteiger partial charge in [0.1, 0.15) is 0 Å². The Morgan fingerprint density at radius 2 is 0.757 bits per heavy atom. The average molecular weight is 600 g/mol.